The first-order valence-corrected chi connectivity index (χ1v) is 6.61. The van der Waals surface area contributed by atoms with E-state index in [4.69, 9.17) is 16.7 Å². The van der Waals surface area contributed by atoms with Gasteiger partial charge in [-0.3, -0.25) is 9.59 Å². The number of anilines is 1. The van der Waals surface area contributed by atoms with Crippen molar-refractivity contribution in [2.45, 2.75) is 25.7 Å². The molecular weight excluding hydrogens is 268 g/mol. The molecule has 2 N–H and O–H groups in total. The fourth-order valence-corrected chi connectivity index (χ4v) is 2.59. The number of nitrogens with one attached hydrogen (secondary N) is 1. The number of carbonyl (C=O) groups is 2. The Balaban J connectivity index is 2.07. The number of halogens is 1. The number of amides is 1. The highest BCUT2D eigenvalue weighted by Gasteiger charge is 2.35. The normalized spacial score (nSPS) is 22.8. The third-order valence-corrected chi connectivity index (χ3v) is 3.63. The van der Waals surface area contributed by atoms with Gasteiger partial charge in [0.25, 0.3) is 0 Å². The Morgan fingerprint density at radius 3 is 2.63 bits per heavy atom. The lowest BCUT2D eigenvalue weighted by Gasteiger charge is -2.27. The highest BCUT2D eigenvalue weighted by molar-refractivity contribution is 6.30. The number of aliphatic carboxylic acids is 1. The summed E-state index contributed by atoms with van der Waals surface area (Å²) in [5.74, 6) is -1.94. The third-order valence-electron chi connectivity index (χ3n) is 3.39. The second kappa shape index (κ2) is 6.02. The van der Waals surface area contributed by atoms with Crippen LogP contribution < -0.4 is 5.32 Å². The first-order valence-electron chi connectivity index (χ1n) is 6.23. The van der Waals surface area contributed by atoms with Crippen molar-refractivity contribution in [1.29, 1.82) is 0 Å². The molecule has 0 aliphatic heterocycles. The van der Waals surface area contributed by atoms with Crippen molar-refractivity contribution in [2.24, 2.45) is 11.8 Å². The van der Waals surface area contributed by atoms with Crippen LogP contribution in [0.3, 0.4) is 0 Å². The Morgan fingerprint density at radius 1 is 1.32 bits per heavy atom. The number of pyridine rings is 1. The Bertz CT molecular complexity index is 493. The van der Waals surface area contributed by atoms with Crippen LogP contribution >= 0.6 is 11.6 Å². The van der Waals surface area contributed by atoms with Crippen LogP contribution in [0.15, 0.2) is 18.3 Å². The van der Waals surface area contributed by atoms with Gasteiger partial charge in [-0.05, 0) is 25.0 Å². The molecule has 1 fully saturated rings. The molecule has 0 radical (unpaired) electrons. The van der Waals surface area contributed by atoms with Crippen LogP contribution in [-0.2, 0) is 9.59 Å². The number of nitrogens with zero attached hydrogens (tertiary/aromatic N) is 1. The molecule has 5 nitrogen and oxygen atoms in total. The van der Waals surface area contributed by atoms with Crippen LogP contribution in [0.4, 0.5) is 5.82 Å². The van der Waals surface area contributed by atoms with Crippen molar-refractivity contribution in [3.05, 3.63) is 23.4 Å². The van der Waals surface area contributed by atoms with E-state index in [1.807, 2.05) is 0 Å². The molecule has 2 atom stereocenters. The molecule has 0 saturated heterocycles. The van der Waals surface area contributed by atoms with E-state index in [9.17, 15) is 9.59 Å². The Hall–Kier alpha value is -1.62. The quantitative estimate of drug-likeness (QED) is 0.893. The summed E-state index contributed by atoms with van der Waals surface area (Å²) >= 11 is 5.81. The molecule has 1 aromatic heterocycles. The van der Waals surface area contributed by atoms with Gasteiger partial charge >= 0.3 is 5.97 Å². The zero-order valence-electron chi connectivity index (χ0n) is 10.3. The predicted octanol–water partition coefficient (Wildman–Crippen LogP) is 2.56. The average Bonchev–Trinajstić information content (AvgIpc) is 2.38. The van der Waals surface area contributed by atoms with E-state index in [0.717, 1.165) is 12.8 Å². The highest BCUT2D eigenvalue weighted by atomic mass is 35.5. The molecule has 0 bridgehead atoms. The molecule has 1 aromatic rings. The Labute approximate surface area is 116 Å². The lowest BCUT2D eigenvalue weighted by Crippen LogP contribution is -2.36. The van der Waals surface area contributed by atoms with Gasteiger partial charge in [0.1, 0.15) is 5.82 Å². The fourth-order valence-electron chi connectivity index (χ4n) is 2.43. The van der Waals surface area contributed by atoms with Gasteiger partial charge in [-0.1, -0.05) is 24.4 Å². The maximum Gasteiger partial charge on any atom is 0.307 e. The van der Waals surface area contributed by atoms with Crippen molar-refractivity contribution in [2.75, 3.05) is 5.32 Å². The maximum absolute atomic E-state index is 12.1. The number of carboxylic acids is 1. The second-order valence-electron chi connectivity index (χ2n) is 4.68. The summed E-state index contributed by atoms with van der Waals surface area (Å²) in [7, 11) is 0. The number of carboxylic acid groups (broad SMARTS) is 1. The van der Waals surface area contributed by atoms with Gasteiger partial charge in [0, 0.05) is 11.2 Å². The molecule has 2 rings (SSSR count). The van der Waals surface area contributed by atoms with E-state index >= 15 is 0 Å². The molecule has 0 aromatic carbocycles. The van der Waals surface area contributed by atoms with Gasteiger partial charge in [-0.15, -0.1) is 0 Å². The van der Waals surface area contributed by atoms with Crippen LogP contribution in [0, 0.1) is 11.8 Å². The number of aromatic nitrogens is 1. The fraction of sp³-hybridized carbons (Fsp3) is 0.462. The largest absolute Gasteiger partial charge is 0.481 e. The Kier molecular flexibility index (Phi) is 4.37. The number of rotatable bonds is 3. The zero-order chi connectivity index (χ0) is 13.8. The minimum absolute atomic E-state index is 0.290. The average molecular weight is 283 g/mol. The van der Waals surface area contributed by atoms with Gasteiger partial charge < -0.3 is 10.4 Å². The van der Waals surface area contributed by atoms with E-state index in [0.29, 0.717) is 23.7 Å². The van der Waals surface area contributed by atoms with Crippen LogP contribution in [-0.4, -0.2) is 22.0 Å². The topological polar surface area (TPSA) is 79.3 Å². The van der Waals surface area contributed by atoms with Crippen molar-refractivity contribution < 1.29 is 14.7 Å². The number of hydrogen-bond acceptors (Lipinski definition) is 3. The molecule has 102 valence electrons. The SMILES string of the molecule is O=C(O)[C@H]1CCCC[C@H]1C(=O)Nc1cc(Cl)ccn1. The van der Waals surface area contributed by atoms with E-state index in [1.54, 1.807) is 6.07 Å². The molecule has 0 unspecified atom stereocenters. The van der Waals surface area contributed by atoms with Crippen molar-refractivity contribution in [3.8, 4) is 0 Å². The van der Waals surface area contributed by atoms with Gasteiger partial charge in [-0.25, -0.2) is 4.98 Å². The second-order valence-corrected chi connectivity index (χ2v) is 5.12. The van der Waals surface area contributed by atoms with Crippen LogP contribution in [0.1, 0.15) is 25.7 Å². The monoisotopic (exact) mass is 282 g/mol. The van der Waals surface area contributed by atoms with Crippen LogP contribution in [0.5, 0.6) is 0 Å². The van der Waals surface area contributed by atoms with Crippen LogP contribution in [0.25, 0.3) is 0 Å². The molecule has 1 aliphatic carbocycles. The summed E-state index contributed by atoms with van der Waals surface area (Å²) in [6, 6.07) is 3.15. The molecule has 1 heterocycles. The van der Waals surface area contributed by atoms with E-state index in [1.165, 1.54) is 12.3 Å². The molecule has 1 amide bonds. The summed E-state index contributed by atoms with van der Waals surface area (Å²) in [5.41, 5.74) is 0. The smallest absolute Gasteiger partial charge is 0.307 e. The van der Waals surface area contributed by atoms with Gasteiger partial charge in [0.05, 0.1) is 11.8 Å². The maximum atomic E-state index is 12.1. The molecule has 1 aliphatic rings. The standard InChI is InChI=1S/C13H15ClN2O3/c14-8-5-6-15-11(7-8)16-12(17)9-3-1-2-4-10(9)13(18)19/h5-7,9-10H,1-4H2,(H,18,19)(H,15,16,17)/t9-,10+/m1/s1. The Morgan fingerprint density at radius 2 is 2.00 bits per heavy atom. The van der Waals surface area contributed by atoms with Crippen molar-refractivity contribution in [1.82, 2.24) is 4.98 Å². The number of hydrogen-bond donors (Lipinski definition) is 2. The first-order chi connectivity index (χ1) is 9.08. The lowest BCUT2D eigenvalue weighted by atomic mass is 9.79. The van der Waals surface area contributed by atoms with Crippen molar-refractivity contribution in [3.63, 3.8) is 0 Å². The molecule has 19 heavy (non-hydrogen) atoms. The summed E-state index contributed by atoms with van der Waals surface area (Å²) in [5, 5.41) is 12.3. The summed E-state index contributed by atoms with van der Waals surface area (Å²) in [4.78, 5) is 27.3. The van der Waals surface area contributed by atoms with Crippen molar-refractivity contribution >= 4 is 29.3 Å². The zero-order valence-corrected chi connectivity index (χ0v) is 11.1. The van der Waals surface area contributed by atoms with Gasteiger partial charge in [0.2, 0.25) is 5.91 Å². The van der Waals surface area contributed by atoms with Crippen LogP contribution in [0.2, 0.25) is 5.02 Å². The molecule has 6 heteroatoms. The lowest BCUT2D eigenvalue weighted by molar-refractivity contribution is -0.147. The molecule has 1 saturated carbocycles. The minimum Gasteiger partial charge on any atom is -0.481 e. The third kappa shape index (κ3) is 3.44. The molecular formula is C13H15ClN2O3. The summed E-state index contributed by atoms with van der Waals surface area (Å²) < 4.78 is 0. The minimum atomic E-state index is -0.904. The van der Waals surface area contributed by atoms with Gasteiger partial charge in [-0.2, -0.15) is 0 Å². The van der Waals surface area contributed by atoms with Gasteiger partial charge in [0.15, 0.2) is 0 Å². The van der Waals surface area contributed by atoms with E-state index in [-0.39, 0.29) is 5.91 Å². The van der Waals surface area contributed by atoms with E-state index < -0.39 is 17.8 Å². The first kappa shape index (κ1) is 13.8. The highest BCUT2D eigenvalue weighted by Crippen LogP contribution is 2.31. The molecule has 0 spiro atoms. The van der Waals surface area contributed by atoms with E-state index in [2.05, 4.69) is 10.3 Å². The number of carbonyl (C=O) groups excluding carboxylic acids is 1. The summed E-state index contributed by atoms with van der Waals surface area (Å²) in [6.45, 7) is 0. The predicted molar refractivity (Wildman–Crippen MR) is 71.0 cm³/mol. The summed E-state index contributed by atoms with van der Waals surface area (Å²) in [6.07, 6.45) is 4.38.